The van der Waals surface area contributed by atoms with E-state index >= 15 is 0 Å². The first-order valence-electron chi connectivity index (χ1n) is 24.1. The van der Waals surface area contributed by atoms with E-state index in [9.17, 15) is 13.2 Å². The number of carbonyl (C=O) groups is 1. The molecule has 0 bridgehead atoms. The zero-order valence-corrected chi connectivity index (χ0v) is 40.0. The van der Waals surface area contributed by atoms with Gasteiger partial charge < -0.3 is 19.7 Å². The number of allylic oxidation sites excluding steroid dienone is 5. The molecule has 0 amide bonds. The minimum absolute atomic E-state index is 0.0698. The van der Waals surface area contributed by atoms with Crippen LogP contribution in [0.1, 0.15) is 153 Å². The van der Waals surface area contributed by atoms with E-state index in [2.05, 4.69) is 70.5 Å². The van der Waals surface area contributed by atoms with Gasteiger partial charge in [-0.3, -0.25) is 4.79 Å². The lowest BCUT2D eigenvalue weighted by molar-refractivity contribution is -0.226. The minimum Gasteiger partial charge on any atom is -0.462 e. The second-order valence-electron chi connectivity index (χ2n) is 23.1. The summed E-state index contributed by atoms with van der Waals surface area (Å²) in [6, 6.07) is 0. The molecule has 7 nitrogen and oxygen atoms in total. The Bertz CT molecular complexity index is 1750. The van der Waals surface area contributed by atoms with Gasteiger partial charge in [-0.2, -0.15) is 0 Å². The van der Waals surface area contributed by atoms with Gasteiger partial charge in [0.15, 0.2) is 9.84 Å². The van der Waals surface area contributed by atoms with Gasteiger partial charge in [-0.15, -0.1) is 0 Å². The van der Waals surface area contributed by atoms with Crippen molar-refractivity contribution in [3.05, 3.63) is 35.5 Å². The second kappa shape index (κ2) is 16.6. The molecule has 0 spiro atoms. The van der Waals surface area contributed by atoms with E-state index in [1.807, 2.05) is 27.7 Å². The maximum absolute atomic E-state index is 13.6. The summed E-state index contributed by atoms with van der Waals surface area (Å²) in [6.07, 6.45) is 20.2. The predicted molar refractivity (Wildman–Crippen MR) is 242 cm³/mol. The normalized spacial score (nSPS) is 41.6. The lowest BCUT2D eigenvalue weighted by atomic mass is 9.32. The van der Waals surface area contributed by atoms with Crippen LogP contribution >= 0.6 is 0 Å². The fourth-order valence-corrected chi connectivity index (χ4v) is 16.9. The van der Waals surface area contributed by atoms with E-state index in [1.54, 1.807) is 5.57 Å². The third-order valence-electron chi connectivity index (χ3n) is 19.0. The molecule has 1 N–H and O–H groups in total. The van der Waals surface area contributed by atoms with Crippen molar-refractivity contribution in [1.82, 2.24) is 10.2 Å². The summed E-state index contributed by atoms with van der Waals surface area (Å²) >= 11 is 0. The van der Waals surface area contributed by atoms with Crippen molar-refractivity contribution in [3.63, 3.8) is 0 Å². The molecule has 1 heterocycles. The Hall–Kier alpha value is -1.48. The number of fused-ring (bicyclic) bond motifs is 7. The van der Waals surface area contributed by atoms with Crippen molar-refractivity contribution in [2.75, 3.05) is 50.8 Å². The monoisotopic (exact) mass is 837 g/mol. The average molecular weight is 837 g/mol. The third-order valence-corrected chi connectivity index (χ3v) is 20.6. The quantitative estimate of drug-likeness (QED) is 0.112. The van der Waals surface area contributed by atoms with Gasteiger partial charge in [-0.25, -0.2) is 8.42 Å². The lowest BCUT2D eigenvalue weighted by Gasteiger charge is -2.72. The molecule has 7 rings (SSSR count). The van der Waals surface area contributed by atoms with Crippen LogP contribution < -0.4 is 5.32 Å². The molecule has 0 radical (unpaired) electrons. The van der Waals surface area contributed by atoms with Crippen molar-refractivity contribution < 1.29 is 22.7 Å². The first kappa shape index (κ1) is 45.5. The standard InChI is InChI=1S/C51H84N2O5S/c1-35(2)39-17-24-50(33-52-27-12-28-53-29-31-59(55,56)32-30-53)26-25-48(10)41(44(39)50)13-14-43-47(9)20-18-40(46(7,8)42(47)19-21-49(43,48)11)38-15-22-51(23-16-38,34-57-36(3)4)45(54)58-37(5)6/h15,18,36-37,39,41-44,52H,1,12-14,16-17,19-34H2,2-11H3. The number of nitrogens with one attached hydrogen (secondary N) is 1. The van der Waals surface area contributed by atoms with Crippen molar-refractivity contribution in [3.8, 4) is 0 Å². The van der Waals surface area contributed by atoms with E-state index in [0.717, 1.165) is 51.2 Å². The Morgan fingerprint density at radius 2 is 1.61 bits per heavy atom. The fraction of sp³-hybridized carbons (Fsp3) is 0.863. The number of nitrogens with zero attached hydrogens (tertiary/aromatic N) is 1. The molecule has 0 aromatic heterocycles. The van der Waals surface area contributed by atoms with Crippen LogP contribution in [0.25, 0.3) is 0 Å². The molecule has 6 aliphatic carbocycles. The number of carbonyl (C=O) groups excluding carboxylic acids is 1. The van der Waals surface area contributed by atoms with E-state index < -0.39 is 15.3 Å². The van der Waals surface area contributed by atoms with Gasteiger partial charge in [0.1, 0.15) is 0 Å². The van der Waals surface area contributed by atoms with Crippen LogP contribution in [0.3, 0.4) is 0 Å². The predicted octanol–water partition coefficient (Wildman–Crippen LogP) is 10.4. The summed E-state index contributed by atoms with van der Waals surface area (Å²) in [5, 5.41) is 4.00. The zero-order chi connectivity index (χ0) is 42.8. The van der Waals surface area contributed by atoms with Gasteiger partial charge >= 0.3 is 5.97 Å². The highest BCUT2D eigenvalue weighted by atomic mass is 32.2. The molecule has 4 saturated carbocycles. The van der Waals surface area contributed by atoms with Crippen molar-refractivity contribution in [2.24, 2.45) is 62.1 Å². The fourth-order valence-electron chi connectivity index (χ4n) is 15.7. The summed E-state index contributed by atoms with van der Waals surface area (Å²) in [5.74, 6) is 3.92. The second-order valence-corrected chi connectivity index (χ2v) is 25.4. The number of rotatable bonds is 13. The Kier molecular flexibility index (Phi) is 12.8. The van der Waals surface area contributed by atoms with Gasteiger partial charge in [0, 0.05) is 19.6 Å². The van der Waals surface area contributed by atoms with Gasteiger partial charge in [0.25, 0.3) is 0 Å². The van der Waals surface area contributed by atoms with Crippen molar-refractivity contribution in [2.45, 2.75) is 165 Å². The van der Waals surface area contributed by atoms with E-state index in [4.69, 9.17) is 9.47 Å². The number of hydrogen-bond donors (Lipinski definition) is 1. The number of ether oxygens (including phenoxy) is 2. The summed E-state index contributed by atoms with van der Waals surface area (Å²) in [4.78, 5) is 15.9. The van der Waals surface area contributed by atoms with Gasteiger partial charge in [-0.05, 0) is 199 Å². The Morgan fingerprint density at radius 1 is 0.881 bits per heavy atom. The first-order valence-corrected chi connectivity index (χ1v) is 26.0. The molecule has 334 valence electrons. The molecule has 1 aliphatic heterocycles. The van der Waals surface area contributed by atoms with Gasteiger partial charge in [0.2, 0.25) is 0 Å². The molecule has 0 aromatic rings. The summed E-state index contributed by atoms with van der Waals surface area (Å²) in [6.45, 7) is 33.2. The van der Waals surface area contributed by atoms with Crippen LogP contribution in [0, 0.1) is 62.1 Å². The highest BCUT2D eigenvalue weighted by Crippen LogP contribution is 2.77. The lowest BCUT2D eigenvalue weighted by Crippen LogP contribution is -2.66. The molecular weight excluding hydrogens is 753 g/mol. The van der Waals surface area contributed by atoms with E-state index in [-0.39, 0.29) is 29.0 Å². The average Bonchev–Trinajstić information content (AvgIpc) is 3.55. The van der Waals surface area contributed by atoms with Gasteiger partial charge in [-0.1, -0.05) is 58.9 Å². The number of hydrogen-bond acceptors (Lipinski definition) is 7. The zero-order valence-electron chi connectivity index (χ0n) is 39.1. The molecule has 10 unspecified atom stereocenters. The summed E-state index contributed by atoms with van der Waals surface area (Å²) in [5.41, 5.74) is 5.12. The maximum atomic E-state index is 13.6. The van der Waals surface area contributed by atoms with Crippen LogP contribution in [0.15, 0.2) is 35.5 Å². The first-order chi connectivity index (χ1) is 27.6. The molecule has 0 aromatic carbocycles. The van der Waals surface area contributed by atoms with Crippen molar-refractivity contribution in [1.29, 1.82) is 0 Å². The van der Waals surface area contributed by atoms with Crippen LogP contribution in [0.4, 0.5) is 0 Å². The van der Waals surface area contributed by atoms with Gasteiger partial charge in [0.05, 0.1) is 35.7 Å². The molecule has 7 aliphatic rings. The topological polar surface area (TPSA) is 84.9 Å². The molecule has 10 atom stereocenters. The van der Waals surface area contributed by atoms with Crippen molar-refractivity contribution >= 4 is 15.8 Å². The molecule has 59 heavy (non-hydrogen) atoms. The number of sulfone groups is 1. The maximum Gasteiger partial charge on any atom is 0.315 e. The van der Waals surface area contributed by atoms with Crippen LogP contribution in [-0.2, 0) is 24.1 Å². The molecular formula is C51H84N2O5S. The smallest absolute Gasteiger partial charge is 0.315 e. The SMILES string of the molecule is C=C(C)C1CCC2(CNCCCN3CCS(=O)(=O)CC3)CCC3(C)C(CCC4C5(C)CC=C(C6=CCC(COC(C)C)(C(=O)OC(C)C)CC6)C(C)(C)C5CCC43C)C12. The highest BCUT2D eigenvalue weighted by Gasteiger charge is 2.70. The summed E-state index contributed by atoms with van der Waals surface area (Å²) < 4.78 is 35.8. The molecule has 8 heteroatoms. The third kappa shape index (κ3) is 8.04. The Labute approximate surface area is 360 Å². The Balaban J connectivity index is 1.08. The van der Waals surface area contributed by atoms with E-state index in [1.165, 1.54) is 62.5 Å². The molecule has 5 fully saturated rings. The highest BCUT2D eigenvalue weighted by molar-refractivity contribution is 7.91. The van der Waals surface area contributed by atoms with Crippen LogP contribution in [0.2, 0.25) is 0 Å². The minimum atomic E-state index is -2.83. The number of esters is 1. The van der Waals surface area contributed by atoms with Crippen LogP contribution in [0.5, 0.6) is 0 Å². The largest absolute Gasteiger partial charge is 0.462 e. The summed E-state index contributed by atoms with van der Waals surface area (Å²) in [7, 11) is -2.83. The Morgan fingerprint density at radius 3 is 2.25 bits per heavy atom. The van der Waals surface area contributed by atoms with Crippen LogP contribution in [-0.4, -0.2) is 82.3 Å². The molecule has 1 saturated heterocycles. The van der Waals surface area contributed by atoms with E-state index in [0.29, 0.717) is 77.5 Å².